The molecular formula is C25H23BrN6O. The van der Waals surface area contributed by atoms with Gasteiger partial charge in [0.15, 0.2) is 0 Å². The molecule has 4 aromatic rings. The zero-order valence-corrected chi connectivity index (χ0v) is 19.7. The van der Waals surface area contributed by atoms with E-state index < -0.39 is 5.91 Å². The number of likely N-dealkylation sites (N-methyl/N-ethyl adjacent to an activating group) is 1. The van der Waals surface area contributed by atoms with Crippen LogP contribution in [0.5, 0.6) is 0 Å². The Kier molecular flexibility index (Phi) is 5.78. The van der Waals surface area contributed by atoms with Gasteiger partial charge in [-0.3, -0.25) is 19.7 Å². The second kappa shape index (κ2) is 8.88. The Morgan fingerprint density at radius 3 is 2.61 bits per heavy atom. The predicted molar refractivity (Wildman–Crippen MR) is 134 cm³/mol. The Morgan fingerprint density at radius 1 is 1.09 bits per heavy atom. The van der Waals surface area contributed by atoms with Crippen LogP contribution in [0.4, 0.5) is 11.4 Å². The van der Waals surface area contributed by atoms with Crippen LogP contribution in [0.3, 0.4) is 0 Å². The number of nitrogens with one attached hydrogen (secondary N) is 1. The van der Waals surface area contributed by atoms with Crippen molar-refractivity contribution >= 4 is 44.2 Å². The minimum atomic E-state index is -0.485. The second-order valence-corrected chi connectivity index (χ2v) is 9.23. The molecule has 1 amide bonds. The van der Waals surface area contributed by atoms with Crippen molar-refractivity contribution in [2.75, 3.05) is 25.5 Å². The second-order valence-electron chi connectivity index (χ2n) is 8.31. The van der Waals surface area contributed by atoms with Gasteiger partial charge in [-0.05, 0) is 55.9 Å². The van der Waals surface area contributed by atoms with E-state index in [-0.39, 0.29) is 5.92 Å². The molecule has 0 aliphatic carbocycles. The van der Waals surface area contributed by atoms with E-state index in [0.29, 0.717) is 11.3 Å². The van der Waals surface area contributed by atoms with E-state index in [9.17, 15) is 4.79 Å². The van der Waals surface area contributed by atoms with Gasteiger partial charge < -0.3 is 16.0 Å². The minimum absolute atomic E-state index is 0.225. The summed E-state index contributed by atoms with van der Waals surface area (Å²) in [7, 11) is 2.09. The lowest BCUT2D eigenvalue weighted by molar-refractivity contribution is 0.100. The first-order chi connectivity index (χ1) is 16.0. The highest BCUT2D eigenvalue weighted by molar-refractivity contribution is 9.10. The molecule has 0 saturated carbocycles. The summed E-state index contributed by atoms with van der Waals surface area (Å²) in [4.78, 5) is 28.3. The fourth-order valence-corrected chi connectivity index (χ4v) is 4.69. The number of fused-ring (bicyclic) bond motifs is 1. The Hall–Kier alpha value is -3.36. The molecule has 0 spiro atoms. The average Bonchev–Trinajstić information content (AvgIpc) is 3.25. The molecule has 3 heterocycles. The zero-order chi connectivity index (χ0) is 22.9. The fourth-order valence-electron chi connectivity index (χ4n) is 4.42. The molecule has 1 aliphatic heterocycles. The quantitative estimate of drug-likeness (QED) is 0.409. The monoisotopic (exact) mass is 502 g/mol. The van der Waals surface area contributed by atoms with Gasteiger partial charge in [-0.1, -0.05) is 28.1 Å². The van der Waals surface area contributed by atoms with Crippen molar-refractivity contribution in [2.24, 2.45) is 5.73 Å². The van der Waals surface area contributed by atoms with Crippen LogP contribution in [0.15, 0.2) is 65.5 Å². The van der Waals surface area contributed by atoms with Gasteiger partial charge in [-0.25, -0.2) is 0 Å². The molecule has 1 fully saturated rings. The van der Waals surface area contributed by atoms with Crippen LogP contribution in [-0.4, -0.2) is 45.9 Å². The maximum atomic E-state index is 12.3. The third-order valence-electron chi connectivity index (χ3n) is 6.02. The molecule has 166 valence electrons. The van der Waals surface area contributed by atoms with Crippen molar-refractivity contribution in [1.29, 1.82) is 0 Å². The molecule has 3 N–H and O–H groups in total. The van der Waals surface area contributed by atoms with E-state index >= 15 is 0 Å². The van der Waals surface area contributed by atoms with E-state index in [1.54, 1.807) is 24.7 Å². The first-order valence-electron chi connectivity index (χ1n) is 10.7. The normalized spacial score (nSPS) is 16.2. The van der Waals surface area contributed by atoms with Crippen molar-refractivity contribution in [3.05, 3.63) is 76.8 Å². The number of hydrogen-bond acceptors (Lipinski definition) is 6. The van der Waals surface area contributed by atoms with Crippen LogP contribution in [0.1, 0.15) is 28.4 Å². The minimum Gasteiger partial charge on any atom is -0.366 e. The van der Waals surface area contributed by atoms with Crippen LogP contribution >= 0.6 is 15.9 Å². The maximum absolute atomic E-state index is 12.3. The van der Waals surface area contributed by atoms with Gasteiger partial charge in [0.05, 0.1) is 28.0 Å². The number of likely N-dealkylation sites (tertiary alicyclic amines) is 1. The third kappa shape index (κ3) is 4.31. The van der Waals surface area contributed by atoms with Crippen LogP contribution in [-0.2, 0) is 0 Å². The van der Waals surface area contributed by atoms with Crippen molar-refractivity contribution in [3.63, 3.8) is 0 Å². The summed E-state index contributed by atoms with van der Waals surface area (Å²) in [5, 5.41) is 3.47. The number of halogens is 1. The SMILES string of the molecule is CN1CCC(c2nccc(C(N)=O)c2Nc2cc(-c3ccc(Br)cc3)c3nccnc3c2)C1. The van der Waals surface area contributed by atoms with Crippen LogP contribution in [0.25, 0.3) is 22.2 Å². The Morgan fingerprint density at radius 2 is 1.88 bits per heavy atom. The van der Waals surface area contributed by atoms with Crippen molar-refractivity contribution in [2.45, 2.75) is 12.3 Å². The number of hydrogen-bond donors (Lipinski definition) is 2. The number of rotatable bonds is 5. The first kappa shape index (κ1) is 21.5. The number of nitrogens with two attached hydrogens (primary N) is 1. The summed E-state index contributed by atoms with van der Waals surface area (Å²) in [5.41, 5.74) is 12.0. The molecule has 1 aliphatic rings. The molecule has 1 unspecified atom stereocenters. The number of pyridine rings is 1. The largest absolute Gasteiger partial charge is 0.366 e. The lowest BCUT2D eigenvalue weighted by Gasteiger charge is -2.19. The summed E-state index contributed by atoms with van der Waals surface area (Å²) in [6, 6.07) is 13.7. The molecule has 2 aromatic carbocycles. The van der Waals surface area contributed by atoms with Crippen LogP contribution in [0.2, 0.25) is 0 Å². The molecule has 2 aromatic heterocycles. The van der Waals surface area contributed by atoms with Gasteiger partial charge >= 0.3 is 0 Å². The summed E-state index contributed by atoms with van der Waals surface area (Å²) >= 11 is 3.50. The maximum Gasteiger partial charge on any atom is 0.250 e. The van der Waals surface area contributed by atoms with E-state index in [4.69, 9.17) is 5.73 Å². The van der Waals surface area contributed by atoms with E-state index in [1.165, 1.54) is 0 Å². The molecule has 8 heteroatoms. The number of primary amides is 1. The summed E-state index contributed by atoms with van der Waals surface area (Å²) in [6.07, 6.45) is 6.01. The van der Waals surface area contributed by atoms with Crippen molar-refractivity contribution in [1.82, 2.24) is 19.9 Å². The number of benzene rings is 2. The summed E-state index contributed by atoms with van der Waals surface area (Å²) < 4.78 is 1.00. The molecule has 1 saturated heterocycles. The predicted octanol–water partition coefficient (Wildman–Crippen LogP) is 4.72. The number of aromatic nitrogens is 3. The van der Waals surface area contributed by atoms with Crippen molar-refractivity contribution < 1.29 is 4.79 Å². The Bertz CT molecular complexity index is 1340. The number of carbonyl (C=O) groups excluding carboxylic acids is 1. The third-order valence-corrected chi connectivity index (χ3v) is 6.55. The number of nitrogens with zero attached hydrogens (tertiary/aromatic N) is 4. The van der Waals surface area contributed by atoms with Gasteiger partial charge in [-0.15, -0.1) is 0 Å². The molecule has 1 atom stereocenters. The molecule has 0 bridgehead atoms. The molecule has 5 rings (SSSR count). The van der Waals surface area contributed by atoms with Gasteiger partial charge in [0.1, 0.15) is 0 Å². The molecular weight excluding hydrogens is 480 g/mol. The van der Waals surface area contributed by atoms with Crippen molar-refractivity contribution in [3.8, 4) is 11.1 Å². The molecule has 33 heavy (non-hydrogen) atoms. The van der Waals surface area contributed by atoms with Gasteiger partial charge in [-0.2, -0.15) is 0 Å². The lowest BCUT2D eigenvalue weighted by Crippen LogP contribution is -2.18. The highest BCUT2D eigenvalue weighted by Crippen LogP contribution is 2.36. The Balaban J connectivity index is 1.64. The summed E-state index contributed by atoms with van der Waals surface area (Å²) in [6.45, 7) is 1.88. The standard InChI is InChI=1S/C25H23BrN6O/c1-32-11-7-16(14-32)22-24(19(25(27)33)6-8-29-22)31-18-12-20(15-2-4-17(26)5-3-15)23-21(13-18)28-9-10-30-23/h2-6,8-10,12-13,16,31H,7,11,14H2,1H3,(H2,27,33). The zero-order valence-electron chi connectivity index (χ0n) is 18.1. The highest BCUT2D eigenvalue weighted by Gasteiger charge is 2.27. The van der Waals surface area contributed by atoms with E-state index in [2.05, 4.69) is 48.1 Å². The lowest BCUT2D eigenvalue weighted by atomic mass is 9.98. The number of carbonyl (C=O) groups is 1. The molecule has 7 nitrogen and oxygen atoms in total. The van der Waals surface area contributed by atoms with Gasteiger partial charge in [0.2, 0.25) is 0 Å². The van der Waals surface area contributed by atoms with Gasteiger partial charge in [0, 0.05) is 46.8 Å². The number of amides is 1. The smallest absolute Gasteiger partial charge is 0.250 e. The first-order valence-corrected chi connectivity index (χ1v) is 11.5. The average molecular weight is 503 g/mol. The summed E-state index contributed by atoms with van der Waals surface area (Å²) in [5.74, 6) is -0.260. The van der Waals surface area contributed by atoms with Gasteiger partial charge in [0.25, 0.3) is 5.91 Å². The Labute approximate surface area is 200 Å². The van der Waals surface area contributed by atoms with E-state index in [0.717, 1.165) is 57.5 Å². The fraction of sp³-hybridized carbons (Fsp3) is 0.200. The molecule has 0 radical (unpaired) electrons. The van der Waals surface area contributed by atoms with Crippen LogP contribution < -0.4 is 11.1 Å². The van der Waals surface area contributed by atoms with E-state index in [1.807, 2.05) is 36.4 Å². The number of anilines is 2. The highest BCUT2D eigenvalue weighted by atomic mass is 79.9. The van der Waals surface area contributed by atoms with Crippen LogP contribution in [0, 0.1) is 0 Å². The topological polar surface area (TPSA) is 97.0 Å².